The van der Waals surface area contributed by atoms with E-state index in [2.05, 4.69) is 17.0 Å². The third-order valence-corrected chi connectivity index (χ3v) is 3.64. The molecule has 0 saturated carbocycles. The van der Waals surface area contributed by atoms with E-state index < -0.39 is 0 Å². The third kappa shape index (κ3) is 2.13. The van der Waals surface area contributed by atoms with Crippen molar-refractivity contribution < 1.29 is 4.79 Å². The largest absolute Gasteiger partial charge is 0.351 e. The minimum atomic E-state index is -0.0411. The highest BCUT2D eigenvalue weighted by atomic mass is 16.1. The monoisotopic (exact) mass is 268 g/mol. The molecule has 4 heteroatoms. The number of benzene rings is 1. The maximum absolute atomic E-state index is 11.9. The lowest BCUT2D eigenvalue weighted by atomic mass is 10.1. The Labute approximate surface area is 117 Å². The lowest BCUT2D eigenvalue weighted by Gasteiger charge is -2.20. The van der Waals surface area contributed by atoms with Crippen molar-refractivity contribution in [3.8, 4) is 0 Å². The Kier molecular flexibility index (Phi) is 3.14. The number of hydrogen-bond acceptors (Lipinski definition) is 3. The molecule has 0 N–H and O–H groups in total. The van der Waals surface area contributed by atoms with E-state index in [1.54, 1.807) is 17.6 Å². The van der Waals surface area contributed by atoms with Gasteiger partial charge < -0.3 is 4.90 Å². The Morgan fingerprint density at radius 2 is 1.85 bits per heavy atom. The van der Waals surface area contributed by atoms with Crippen LogP contribution in [0.1, 0.15) is 22.8 Å². The summed E-state index contributed by atoms with van der Waals surface area (Å²) in [5.74, 6) is 0.752. The summed E-state index contributed by atoms with van der Waals surface area (Å²) in [6, 6.07) is 13.2. The van der Waals surface area contributed by atoms with E-state index >= 15 is 0 Å². The van der Waals surface area contributed by atoms with Crippen LogP contribution in [0.25, 0.3) is 0 Å². The summed E-state index contributed by atoms with van der Waals surface area (Å²) >= 11 is 0. The minimum absolute atomic E-state index is 0.00582. The number of rotatable bonds is 3. The van der Waals surface area contributed by atoms with E-state index in [0.717, 1.165) is 12.4 Å². The van der Waals surface area contributed by atoms with Gasteiger partial charge in [-0.2, -0.15) is 0 Å². The van der Waals surface area contributed by atoms with Crippen LogP contribution in [0.5, 0.6) is 0 Å². The Hall–Kier alpha value is -2.36. The predicted molar refractivity (Wildman–Crippen MR) is 78.2 cm³/mol. The van der Waals surface area contributed by atoms with E-state index in [-0.39, 0.29) is 11.3 Å². The summed E-state index contributed by atoms with van der Waals surface area (Å²) < 4.78 is 1.69. The molecule has 0 radical (unpaired) electrons. The van der Waals surface area contributed by atoms with Crippen LogP contribution in [-0.2, 0) is 13.1 Å². The molecule has 0 bridgehead atoms. The predicted octanol–water partition coefficient (Wildman–Crippen LogP) is 2.07. The van der Waals surface area contributed by atoms with E-state index in [0.29, 0.717) is 18.7 Å². The molecule has 2 aromatic rings. The lowest BCUT2D eigenvalue weighted by Crippen LogP contribution is -2.23. The quantitative estimate of drug-likeness (QED) is 0.800. The van der Waals surface area contributed by atoms with Crippen molar-refractivity contribution in [3.05, 3.63) is 63.9 Å². The van der Waals surface area contributed by atoms with Crippen molar-refractivity contribution in [2.45, 2.75) is 20.0 Å². The molecular weight excluding hydrogens is 252 g/mol. The zero-order valence-corrected chi connectivity index (χ0v) is 11.4. The fourth-order valence-corrected chi connectivity index (χ4v) is 2.69. The third-order valence-electron chi connectivity index (χ3n) is 3.64. The number of hydrogen-bond donors (Lipinski definition) is 0. The average Bonchev–Trinajstić information content (AvgIpc) is 2.85. The van der Waals surface area contributed by atoms with Crippen molar-refractivity contribution in [2.24, 2.45) is 0 Å². The van der Waals surface area contributed by atoms with Gasteiger partial charge >= 0.3 is 0 Å². The molecule has 20 heavy (non-hydrogen) atoms. The Balaban J connectivity index is 2.02. The number of carbonyl (C=O) groups excluding carboxylic acids is 1. The number of ketones is 1. The molecule has 102 valence electrons. The second kappa shape index (κ2) is 4.96. The van der Waals surface area contributed by atoms with E-state index in [1.807, 2.05) is 18.2 Å². The summed E-state index contributed by atoms with van der Waals surface area (Å²) in [6.07, 6.45) is 0. The number of fused-ring (bicyclic) bond motifs is 1. The SMILES string of the molecule is CC(=O)c1ccc(=O)n2c1N(Cc1ccccc1)CC2. The first-order chi connectivity index (χ1) is 9.66. The van der Waals surface area contributed by atoms with Crippen LogP contribution >= 0.6 is 0 Å². The summed E-state index contributed by atoms with van der Waals surface area (Å²) in [4.78, 5) is 25.8. The van der Waals surface area contributed by atoms with Gasteiger partial charge in [-0.25, -0.2) is 0 Å². The Morgan fingerprint density at radius 1 is 1.10 bits per heavy atom. The van der Waals surface area contributed by atoms with Gasteiger partial charge in [0.05, 0.1) is 5.56 Å². The zero-order chi connectivity index (χ0) is 14.1. The molecule has 0 fully saturated rings. The lowest BCUT2D eigenvalue weighted by molar-refractivity contribution is 0.101. The number of carbonyl (C=O) groups is 1. The molecule has 0 unspecified atom stereocenters. The normalized spacial score (nSPS) is 13.3. The van der Waals surface area contributed by atoms with Crippen LogP contribution in [-0.4, -0.2) is 16.9 Å². The van der Waals surface area contributed by atoms with Gasteiger partial charge in [0.25, 0.3) is 5.56 Å². The molecule has 2 heterocycles. The highest BCUT2D eigenvalue weighted by Gasteiger charge is 2.24. The topological polar surface area (TPSA) is 42.3 Å². The van der Waals surface area contributed by atoms with Crippen LogP contribution in [0.4, 0.5) is 5.82 Å². The number of anilines is 1. The Bertz CT molecular complexity index is 704. The number of nitrogens with zero attached hydrogens (tertiary/aromatic N) is 2. The smallest absolute Gasteiger partial charge is 0.252 e. The summed E-state index contributed by atoms with van der Waals surface area (Å²) in [6.45, 7) is 3.65. The summed E-state index contributed by atoms with van der Waals surface area (Å²) in [5.41, 5.74) is 1.75. The van der Waals surface area contributed by atoms with Crippen LogP contribution in [0.3, 0.4) is 0 Å². The number of Topliss-reactive ketones (excluding diaryl/α,β-unsaturated/α-hetero) is 1. The maximum atomic E-state index is 11.9. The van der Waals surface area contributed by atoms with E-state index in [4.69, 9.17) is 0 Å². The highest BCUT2D eigenvalue weighted by molar-refractivity contribution is 5.99. The molecule has 1 aromatic carbocycles. The number of pyridine rings is 1. The first kappa shape index (κ1) is 12.7. The first-order valence-electron chi connectivity index (χ1n) is 6.70. The molecule has 1 aromatic heterocycles. The van der Waals surface area contributed by atoms with E-state index in [9.17, 15) is 9.59 Å². The zero-order valence-electron chi connectivity index (χ0n) is 11.4. The first-order valence-corrected chi connectivity index (χ1v) is 6.70. The molecule has 0 saturated heterocycles. The van der Waals surface area contributed by atoms with Crippen LogP contribution < -0.4 is 10.5 Å². The number of aromatic nitrogens is 1. The van der Waals surface area contributed by atoms with Crippen LogP contribution in [0.15, 0.2) is 47.3 Å². The van der Waals surface area contributed by atoms with Crippen molar-refractivity contribution in [1.29, 1.82) is 0 Å². The summed E-state index contributed by atoms with van der Waals surface area (Å²) in [5, 5.41) is 0. The van der Waals surface area contributed by atoms with Crippen molar-refractivity contribution in [3.63, 3.8) is 0 Å². The fourth-order valence-electron chi connectivity index (χ4n) is 2.69. The minimum Gasteiger partial charge on any atom is -0.351 e. The average molecular weight is 268 g/mol. The van der Waals surface area contributed by atoms with Crippen molar-refractivity contribution >= 4 is 11.6 Å². The molecule has 0 aliphatic carbocycles. The van der Waals surface area contributed by atoms with E-state index in [1.165, 1.54) is 11.6 Å². The molecule has 1 aliphatic rings. The van der Waals surface area contributed by atoms with Gasteiger partial charge in [-0.3, -0.25) is 14.2 Å². The molecule has 0 spiro atoms. The molecule has 1 aliphatic heterocycles. The molecular formula is C16H16N2O2. The van der Waals surface area contributed by atoms with Gasteiger partial charge in [0, 0.05) is 25.7 Å². The second-order valence-electron chi connectivity index (χ2n) is 5.02. The molecule has 0 amide bonds. The fraction of sp³-hybridized carbons (Fsp3) is 0.250. The van der Waals surface area contributed by atoms with Crippen LogP contribution in [0, 0.1) is 0 Å². The van der Waals surface area contributed by atoms with Gasteiger partial charge in [-0.1, -0.05) is 30.3 Å². The second-order valence-corrected chi connectivity index (χ2v) is 5.02. The van der Waals surface area contributed by atoms with Crippen molar-refractivity contribution in [2.75, 3.05) is 11.4 Å². The Morgan fingerprint density at radius 3 is 2.55 bits per heavy atom. The van der Waals surface area contributed by atoms with Gasteiger partial charge in [0.1, 0.15) is 5.82 Å². The maximum Gasteiger partial charge on any atom is 0.252 e. The van der Waals surface area contributed by atoms with Gasteiger partial charge in [0.15, 0.2) is 5.78 Å². The molecule has 4 nitrogen and oxygen atoms in total. The summed E-state index contributed by atoms with van der Waals surface area (Å²) in [7, 11) is 0. The van der Waals surface area contributed by atoms with Crippen LogP contribution in [0.2, 0.25) is 0 Å². The van der Waals surface area contributed by atoms with Gasteiger partial charge in [0.2, 0.25) is 0 Å². The molecule has 0 atom stereocenters. The highest BCUT2D eigenvalue weighted by Crippen LogP contribution is 2.26. The van der Waals surface area contributed by atoms with Gasteiger partial charge in [-0.15, -0.1) is 0 Å². The standard InChI is InChI=1S/C16H16N2O2/c1-12(19)14-7-8-15(20)18-10-9-17(16(14)18)11-13-5-3-2-4-6-13/h2-8H,9-11H2,1H3. The van der Waals surface area contributed by atoms with Crippen molar-refractivity contribution in [1.82, 2.24) is 4.57 Å². The molecule has 3 rings (SSSR count). The van der Waals surface area contributed by atoms with Gasteiger partial charge in [-0.05, 0) is 18.6 Å².